The second kappa shape index (κ2) is 6.53. The van der Waals surface area contributed by atoms with E-state index in [9.17, 15) is 4.39 Å². The van der Waals surface area contributed by atoms with Gasteiger partial charge in [-0.3, -0.25) is 0 Å². The summed E-state index contributed by atoms with van der Waals surface area (Å²) in [5, 5.41) is 3.87. The van der Waals surface area contributed by atoms with E-state index in [-0.39, 0.29) is 5.82 Å². The highest BCUT2D eigenvalue weighted by atomic mass is 35.5. The molecule has 3 heteroatoms. The first-order valence-electron chi connectivity index (χ1n) is 6.82. The highest BCUT2D eigenvalue weighted by Gasteiger charge is 2.23. The zero-order chi connectivity index (χ0) is 13.0. The van der Waals surface area contributed by atoms with Crippen LogP contribution in [0.2, 0.25) is 5.02 Å². The minimum absolute atomic E-state index is 0.165. The van der Waals surface area contributed by atoms with Gasteiger partial charge in [-0.25, -0.2) is 4.39 Å². The van der Waals surface area contributed by atoms with Gasteiger partial charge < -0.3 is 5.32 Å². The first kappa shape index (κ1) is 13.8. The molecular weight excluding hydrogens is 249 g/mol. The van der Waals surface area contributed by atoms with Crippen molar-refractivity contribution in [3.8, 4) is 0 Å². The van der Waals surface area contributed by atoms with E-state index in [0.29, 0.717) is 17.0 Å². The number of rotatable bonds is 3. The molecule has 0 aliphatic heterocycles. The summed E-state index contributed by atoms with van der Waals surface area (Å²) < 4.78 is 13.8. The van der Waals surface area contributed by atoms with Crippen LogP contribution in [0, 0.1) is 11.7 Å². The van der Waals surface area contributed by atoms with Crippen LogP contribution >= 0.6 is 11.6 Å². The Labute approximate surface area is 114 Å². The van der Waals surface area contributed by atoms with Crippen LogP contribution in [0.1, 0.15) is 37.7 Å². The molecule has 0 heterocycles. The van der Waals surface area contributed by atoms with Crippen molar-refractivity contribution in [3.05, 3.63) is 34.6 Å². The van der Waals surface area contributed by atoms with Gasteiger partial charge in [0, 0.05) is 11.1 Å². The lowest BCUT2D eigenvalue weighted by Gasteiger charge is -2.25. The number of halogens is 2. The highest BCUT2D eigenvalue weighted by Crippen LogP contribution is 2.28. The summed E-state index contributed by atoms with van der Waals surface area (Å²) >= 11 is 5.79. The van der Waals surface area contributed by atoms with Gasteiger partial charge in [-0.2, -0.15) is 0 Å². The Hall–Kier alpha value is -0.600. The van der Waals surface area contributed by atoms with E-state index in [1.807, 2.05) is 13.1 Å². The van der Waals surface area contributed by atoms with E-state index in [1.165, 1.54) is 38.2 Å². The van der Waals surface area contributed by atoms with Gasteiger partial charge in [-0.1, -0.05) is 36.9 Å². The second-order valence-electron chi connectivity index (χ2n) is 5.23. The third kappa shape index (κ3) is 3.46. The summed E-state index contributed by atoms with van der Waals surface area (Å²) in [7, 11) is 2.02. The fraction of sp³-hybridized carbons (Fsp3) is 0.600. The van der Waals surface area contributed by atoms with Gasteiger partial charge in [0.25, 0.3) is 0 Å². The third-order valence-electron chi connectivity index (χ3n) is 4.03. The molecular formula is C15H21ClFN. The summed E-state index contributed by atoms with van der Waals surface area (Å²) in [6.07, 6.45) is 7.05. The standard InChI is InChI=1S/C15H21ClFN/c1-18-15-6-4-2-3-5-12(15)9-11-7-8-13(16)10-14(11)17/h7-8,10,12,15,18H,2-6,9H2,1H3. The van der Waals surface area contributed by atoms with E-state index in [1.54, 1.807) is 6.07 Å². The first-order valence-corrected chi connectivity index (χ1v) is 7.19. The third-order valence-corrected chi connectivity index (χ3v) is 4.26. The molecule has 2 atom stereocenters. The number of hydrogen-bond acceptors (Lipinski definition) is 1. The zero-order valence-corrected chi connectivity index (χ0v) is 11.6. The van der Waals surface area contributed by atoms with Crippen molar-refractivity contribution in [1.82, 2.24) is 5.32 Å². The monoisotopic (exact) mass is 269 g/mol. The van der Waals surface area contributed by atoms with Crippen molar-refractivity contribution in [2.45, 2.75) is 44.6 Å². The topological polar surface area (TPSA) is 12.0 Å². The summed E-state index contributed by atoms with van der Waals surface area (Å²) in [6.45, 7) is 0. The SMILES string of the molecule is CNC1CCCCCC1Cc1ccc(Cl)cc1F. The lowest BCUT2D eigenvalue weighted by Crippen LogP contribution is -2.34. The molecule has 1 aliphatic rings. The van der Waals surface area contributed by atoms with Gasteiger partial charge >= 0.3 is 0 Å². The fourth-order valence-corrected chi connectivity index (χ4v) is 3.14. The smallest absolute Gasteiger partial charge is 0.127 e. The Bertz CT molecular complexity index is 394. The molecule has 2 rings (SSSR count). The van der Waals surface area contributed by atoms with Crippen molar-refractivity contribution in [2.75, 3.05) is 7.05 Å². The minimum atomic E-state index is -0.165. The van der Waals surface area contributed by atoms with Crippen molar-refractivity contribution in [1.29, 1.82) is 0 Å². The first-order chi connectivity index (χ1) is 8.70. The van der Waals surface area contributed by atoms with E-state index in [2.05, 4.69) is 5.32 Å². The van der Waals surface area contributed by atoms with Crippen molar-refractivity contribution < 1.29 is 4.39 Å². The van der Waals surface area contributed by atoms with Gasteiger partial charge in [-0.05, 0) is 49.9 Å². The van der Waals surface area contributed by atoms with Crippen LogP contribution in [-0.2, 0) is 6.42 Å². The summed E-state index contributed by atoms with van der Waals surface area (Å²) in [4.78, 5) is 0. The lowest BCUT2D eigenvalue weighted by atomic mass is 9.88. The molecule has 0 aromatic heterocycles. The van der Waals surface area contributed by atoms with Crippen LogP contribution in [0.3, 0.4) is 0 Å². The summed E-state index contributed by atoms with van der Waals surface area (Å²) in [5.74, 6) is 0.370. The molecule has 0 bridgehead atoms. The minimum Gasteiger partial charge on any atom is -0.317 e. The molecule has 1 N–H and O–H groups in total. The molecule has 1 aromatic rings. The molecule has 18 heavy (non-hydrogen) atoms. The molecule has 0 spiro atoms. The van der Waals surface area contributed by atoms with E-state index in [4.69, 9.17) is 11.6 Å². The van der Waals surface area contributed by atoms with Crippen molar-refractivity contribution in [2.24, 2.45) is 5.92 Å². The molecule has 1 fully saturated rings. The molecule has 1 aliphatic carbocycles. The Balaban J connectivity index is 2.10. The maximum atomic E-state index is 13.8. The van der Waals surface area contributed by atoms with Crippen LogP contribution in [0.4, 0.5) is 4.39 Å². The van der Waals surface area contributed by atoms with Crippen LogP contribution < -0.4 is 5.32 Å². The molecule has 0 amide bonds. The van der Waals surface area contributed by atoms with Crippen LogP contribution in [0.15, 0.2) is 18.2 Å². The predicted molar refractivity (Wildman–Crippen MR) is 74.5 cm³/mol. The van der Waals surface area contributed by atoms with E-state index >= 15 is 0 Å². The maximum absolute atomic E-state index is 13.8. The Morgan fingerprint density at radius 2 is 2.06 bits per heavy atom. The quantitative estimate of drug-likeness (QED) is 0.812. The van der Waals surface area contributed by atoms with E-state index < -0.39 is 0 Å². The van der Waals surface area contributed by atoms with Crippen LogP contribution in [-0.4, -0.2) is 13.1 Å². The molecule has 0 radical (unpaired) electrons. The number of hydrogen-bond donors (Lipinski definition) is 1. The highest BCUT2D eigenvalue weighted by molar-refractivity contribution is 6.30. The zero-order valence-electron chi connectivity index (χ0n) is 10.9. The molecule has 100 valence electrons. The fourth-order valence-electron chi connectivity index (χ4n) is 2.98. The Kier molecular flexibility index (Phi) is 5.02. The molecule has 1 saturated carbocycles. The van der Waals surface area contributed by atoms with Gasteiger partial charge in [-0.15, -0.1) is 0 Å². The van der Waals surface area contributed by atoms with E-state index in [0.717, 1.165) is 12.0 Å². The predicted octanol–water partition coefficient (Wildman–Crippen LogP) is 4.19. The van der Waals surface area contributed by atoms with Gasteiger partial charge in [0.15, 0.2) is 0 Å². The molecule has 1 nitrogen and oxygen atoms in total. The number of benzene rings is 1. The number of nitrogens with one attached hydrogen (secondary N) is 1. The lowest BCUT2D eigenvalue weighted by molar-refractivity contribution is 0.346. The normalized spacial score (nSPS) is 24.8. The van der Waals surface area contributed by atoms with Gasteiger partial charge in [0.2, 0.25) is 0 Å². The largest absolute Gasteiger partial charge is 0.317 e. The Morgan fingerprint density at radius 1 is 1.28 bits per heavy atom. The van der Waals surface area contributed by atoms with Crippen LogP contribution in [0.5, 0.6) is 0 Å². The second-order valence-corrected chi connectivity index (χ2v) is 5.67. The van der Waals surface area contributed by atoms with Crippen molar-refractivity contribution >= 4 is 11.6 Å². The Morgan fingerprint density at radius 3 is 2.78 bits per heavy atom. The molecule has 2 unspecified atom stereocenters. The molecule has 0 saturated heterocycles. The maximum Gasteiger partial charge on any atom is 0.127 e. The molecule has 1 aromatic carbocycles. The van der Waals surface area contributed by atoms with Crippen molar-refractivity contribution in [3.63, 3.8) is 0 Å². The average molecular weight is 270 g/mol. The average Bonchev–Trinajstić information content (AvgIpc) is 2.57. The summed E-state index contributed by atoms with van der Waals surface area (Å²) in [5.41, 5.74) is 0.798. The van der Waals surface area contributed by atoms with Gasteiger partial charge in [0.05, 0.1) is 0 Å². The summed E-state index contributed by atoms with van der Waals surface area (Å²) in [6, 6.07) is 5.55. The van der Waals surface area contributed by atoms with Crippen LogP contribution in [0.25, 0.3) is 0 Å². The van der Waals surface area contributed by atoms with Gasteiger partial charge in [0.1, 0.15) is 5.82 Å².